The summed E-state index contributed by atoms with van der Waals surface area (Å²) >= 11 is 0. The molecule has 0 aliphatic carbocycles. The predicted octanol–water partition coefficient (Wildman–Crippen LogP) is 2.41. The van der Waals surface area contributed by atoms with Crippen LogP contribution in [0, 0.1) is 0 Å². The van der Waals surface area contributed by atoms with Crippen molar-refractivity contribution in [1.29, 1.82) is 0 Å². The summed E-state index contributed by atoms with van der Waals surface area (Å²) < 4.78 is 1.27. The Bertz CT molecular complexity index is 1030. The van der Waals surface area contributed by atoms with Crippen molar-refractivity contribution in [3.63, 3.8) is 0 Å². The van der Waals surface area contributed by atoms with Crippen LogP contribution in [0.2, 0.25) is 0 Å². The lowest BCUT2D eigenvalue weighted by atomic mass is 10.1. The first-order chi connectivity index (χ1) is 12.5. The molecule has 0 aliphatic rings. The molecule has 132 valence electrons. The van der Waals surface area contributed by atoms with Crippen molar-refractivity contribution in [3.8, 4) is 0 Å². The van der Waals surface area contributed by atoms with E-state index in [0.717, 1.165) is 0 Å². The van der Waals surface area contributed by atoms with Crippen molar-refractivity contribution in [2.45, 2.75) is 26.3 Å². The van der Waals surface area contributed by atoms with E-state index in [1.807, 2.05) is 0 Å². The molecule has 1 heterocycles. The SMILES string of the molecule is CC(=O)c1cccc(NC(=O)CCCn2nnc3ccccc3c2=O)c1. The minimum atomic E-state index is -0.217. The van der Waals surface area contributed by atoms with Gasteiger partial charge in [-0.2, -0.15) is 0 Å². The molecule has 0 saturated carbocycles. The summed E-state index contributed by atoms with van der Waals surface area (Å²) in [5.41, 5.74) is 1.45. The number of hydrogen-bond donors (Lipinski definition) is 1. The number of rotatable bonds is 6. The Kier molecular flexibility index (Phi) is 5.17. The molecule has 0 bridgehead atoms. The second kappa shape index (κ2) is 7.69. The van der Waals surface area contributed by atoms with Gasteiger partial charge < -0.3 is 5.32 Å². The summed E-state index contributed by atoms with van der Waals surface area (Å²) in [6, 6.07) is 13.8. The molecule has 0 atom stereocenters. The van der Waals surface area contributed by atoms with Crippen LogP contribution in [-0.2, 0) is 11.3 Å². The van der Waals surface area contributed by atoms with E-state index in [2.05, 4.69) is 15.6 Å². The molecule has 0 aliphatic heterocycles. The largest absolute Gasteiger partial charge is 0.326 e. The summed E-state index contributed by atoms with van der Waals surface area (Å²) in [5, 5.41) is 11.2. The smallest absolute Gasteiger partial charge is 0.277 e. The maximum absolute atomic E-state index is 12.3. The fourth-order valence-electron chi connectivity index (χ4n) is 2.60. The molecule has 0 fully saturated rings. The molecule has 1 N–H and O–H groups in total. The van der Waals surface area contributed by atoms with Crippen molar-refractivity contribution >= 4 is 28.3 Å². The van der Waals surface area contributed by atoms with Gasteiger partial charge in [-0.15, -0.1) is 5.10 Å². The number of nitrogens with one attached hydrogen (secondary N) is 1. The number of carbonyl (C=O) groups excluding carboxylic acids is 2. The standard InChI is InChI=1S/C19H18N4O3/c1-13(24)14-6-4-7-15(12-14)20-18(25)10-5-11-23-19(26)16-8-2-3-9-17(16)21-22-23/h2-4,6-9,12H,5,10-11H2,1H3,(H,20,25). The van der Waals surface area contributed by atoms with Gasteiger partial charge in [0.2, 0.25) is 5.91 Å². The maximum atomic E-state index is 12.3. The van der Waals surface area contributed by atoms with Crippen LogP contribution in [0.5, 0.6) is 0 Å². The summed E-state index contributed by atoms with van der Waals surface area (Å²) in [7, 11) is 0. The topological polar surface area (TPSA) is 93.9 Å². The molecule has 7 nitrogen and oxygen atoms in total. The van der Waals surface area contributed by atoms with Crippen LogP contribution in [-0.4, -0.2) is 26.7 Å². The Balaban J connectivity index is 1.59. The molecule has 0 radical (unpaired) electrons. The molecule has 1 amide bonds. The van der Waals surface area contributed by atoms with E-state index >= 15 is 0 Å². The Morgan fingerprint density at radius 3 is 2.73 bits per heavy atom. The average Bonchev–Trinajstić information content (AvgIpc) is 2.64. The van der Waals surface area contributed by atoms with E-state index in [0.29, 0.717) is 35.1 Å². The van der Waals surface area contributed by atoms with Gasteiger partial charge in [-0.25, -0.2) is 4.68 Å². The number of ketones is 1. The zero-order valence-electron chi connectivity index (χ0n) is 14.3. The van der Waals surface area contributed by atoms with E-state index in [4.69, 9.17) is 0 Å². The monoisotopic (exact) mass is 350 g/mol. The number of anilines is 1. The number of benzene rings is 2. The zero-order chi connectivity index (χ0) is 18.5. The average molecular weight is 350 g/mol. The number of aromatic nitrogens is 3. The normalized spacial score (nSPS) is 10.7. The Labute approximate surface area is 149 Å². The van der Waals surface area contributed by atoms with Crippen molar-refractivity contribution in [2.75, 3.05) is 5.32 Å². The highest BCUT2D eigenvalue weighted by atomic mass is 16.2. The van der Waals surface area contributed by atoms with Crippen LogP contribution in [0.1, 0.15) is 30.1 Å². The molecule has 1 aromatic heterocycles. The highest BCUT2D eigenvalue weighted by Gasteiger charge is 2.08. The third kappa shape index (κ3) is 4.00. The van der Waals surface area contributed by atoms with E-state index in [1.54, 1.807) is 48.5 Å². The van der Waals surface area contributed by atoms with Gasteiger partial charge in [-0.1, -0.05) is 29.5 Å². The third-order valence-electron chi connectivity index (χ3n) is 3.96. The number of Topliss-reactive ketones (excluding diaryl/α,β-unsaturated/α-hetero) is 1. The summed E-state index contributed by atoms with van der Waals surface area (Å²) in [4.78, 5) is 35.8. The first-order valence-electron chi connectivity index (χ1n) is 8.28. The van der Waals surface area contributed by atoms with E-state index in [9.17, 15) is 14.4 Å². The Morgan fingerprint density at radius 1 is 1.12 bits per heavy atom. The number of nitrogens with zero attached hydrogens (tertiary/aromatic N) is 3. The third-order valence-corrected chi connectivity index (χ3v) is 3.96. The summed E-state index contributed by atoms with van der Waals surface area (Å²) in [6.45, 7) is 1.78. The van der Waals surface area contributed by atoms with Crippen LogP contribution in [0.15, 0.2) is 53.3 Å². The lowest BCUT2D eigenvalue weighted by Crippen LogP contribution is -2.25. The molecule has 0 saturated heterocycles. The molecule has 7 heteroatoms. The number of aryl methyl sites for hydroxylation is 1. The minimum Gasteiger partial charge on any atom is -0.326 e. The quantitative estimate of drug-likeness (QED) is 0.689. The fourth-order valence-corrected chi connectivity index (χ4v) is 2.60. The van der Waals surface area contributed by atoms with Gasteiger partial charge in [0.1, 0.15) is 5.52 Å². The highest BCUT2D eigenvalue weighted by Crippen LogP contribution is 2.12. The fraction of sp³-hybridized carbons (Fsp3) is 0.211. The molecular weight excluding hydrogens is 332 g/mol. The van der Waals surface area contributed by atoms with E-state index in [-0.39, 0.29) is 23.7 Å². The van der Waals surface area contributed by atoms with Crippen LogP contribution >= 0.6 is 0 Å². The number of hydrogen-bond acceptors (Lipinski definition) is 5. The van der Waals surface area contributed by atoms with Crippen LogP contribution in [0.3, 0.4) is 0 Å². The summed E-state index contributed by atoms with van der Waals surface area (Å²) in [5.74, 6) is -0.247. The molecule has 0 spiro atoms. The van der Waals surface area contributed by atoms with Gasteiger partial charge in [0.15, 0.2) is 5.78 Å². The predicted molar refractivity (Wildman–Crippen MR) is 98.1 cm³/mol. The van der Waals surface area contributed by atoms with Gasteiger partial charge in [0.25, 0.3) is 5.56 Å². The lowest BCUT2D eigenvalue weighted by molar-refractivity contribution is -0.116. The van der Waals surface area contributed by atoms with E-state index < -0.39 is 0 Å². The first-order valence-corrected chi connectivity index (χ1v) is 8.28. The van der Waals surface area contributed by atoms with Gasteiger partial charge >= 0.3 is 0 Å². The van der Waals surface area contributed by atoms with Gasteiger partial charge in [0.05, 0.1) is 5.39 Å². The van der Waals surface area contributed by atoms with Crippen molar-refractivity contribution < 1.29 is 9.59 Å². The van der Waals surface area contributed by atoms with Gasteiger partial charge in [-0.3, -0.25) is 14.4 Å². The van der Waals surface area contributed by atoms with Gasteiger partial charge in [-0.05, 0) is 37.6 Å². The lowest BCUT2D eigenvalue weighted by Gasteiger charge is -2.07. The van der Waals surface area contributed by atoms with Crippen LogP contribution < -0.4 is 10.9 Å². The number of carbonyl (C=O) groups is 2. The second-order valence-corrected chi connectivity index (χ2v) is 5.92. The maximum Gasteiger partial charge on any atom is 0.277 e. The number of amides is 1. The minimum absolute atomic E-state index is 0.0599. The van der Waals surface area contributed by atoms with Crippen LogP contribution in [0.25, 0.3) is 10.9 Å². The molecule has 26 heavy (non-hydrogen) atoms. The molecule has 2 aromatic carbocycles. The Morgan fingerprint density at radius 2 is 1.92 bits per heavy atom. The molecule has 3 aromatic rings. The highest BCUT2D eigenvalue weighted by molar-refractivity contribution is 5.97. The van der Waals surface area contributed by atoms with Crippen molar-refractivity contribution in [1.82, 2.24) is 15.0 Å². The van der Waals surface area contributed by atoms with Crippen LogP contribution in [0.4, 0.5) is 5.69 Å². The zero-order valence-corrected chi connectivity index (χ0v) is 14.3. The molecule has 0 unspecified atom stereocenters. The van der Waals surface area contributed by atoms with Crippen molar-refractivity contribution in [2.24, 2.45) is 0 Å². The van der Waals surface area contributed by atoms with Gasteiger partial charge in [0, 0.05) is 24.2 Å². The first kappa shape index (κ1) is 17.5. The number of fused-ring (bicyclic) bond motifs is 1. The van der Waals surface area contributed by atoms with E-state index in [1.165, 1.54) is 11.6 Å². The second-order valence-electron chi connectivity index (χ2n) is 5.92. The molecular formula is C19H18N4O3. The molecule has 3 rings (SSSR count). The summed E-state index contributed by atoms with van der Waals surface area (Å²) in [6.07, 6.45) is 0.677. The van der Waals surface area contributed by atoms with Crippen molar-refractivity contribution in [3.05, 3.63) is 64.4 Å². The Hall–Kier alpha value is -3.35.